The van der Waals surface area contributed by atoms with E-state index in [1.165, 1.54) is 22.2 Å². The minimum atomic E-state index is 1.23. The minimum Gasteiger partial charge on any atom is -0.323 e. The molecule has 0 N–H and O–H groups in total. The van der Waals surface area contributed by atoms with Gasteiger partial charge in [-0.3, -0.25) is 0 Å². The van der Waals surface area contributed by atoms with Crippen LogP contribution in [0, 0.1) is 6.92 Å². The summed E-state index contributed by atoms with van der Waals surface area (Å²) in [5.74, 6) is 0. The van der Waals surface area contributed by atoms with Crippen LogP contribution in [0.1, 0.15) is 16.7 Å². The van der Waals surface area contributed by atoms with Gasteiger partial charge in [0.15, 0.2) is 0 Å². The first-order chi connectivity index (χ1) is 8.83. The van der Waals surface area contributed by atoms with Crippen LogP contribution in [-0.4, -0.2) is 4.40 Å². The molecule has 0 fully saturated rings. The molecule has 0 saturated carbocycles. The lowest BCUT2D eigenvalue weighted by atomic mass is 10.2. The number of hydrogen-bond acceptors (Lipinski definition) is 0. The zero-order valence-electron chi connectivity index (χ0n) is 10.4. The fraction of sp³-hybridized carbons (Fsp3) is 0.0588. The van der Waals surface area contributed by atoms with Crippen LogP contribution in [0.15, 0.2) is 60.9 Å². The Labute approximate surface area is 107 Å². The lowest BCUT2D eigenvalue weighted by Gasteiger charge is -1.95. The van der Waals surface area contributed by atoms with Gasteiger partial charge in [-0.25, -0.2) is 0 Å². The fourth-order valence-corrected chi connectivity index (χ4v) is 2.15. The number of fused-ring (bicyclic) bond motifs is 1. The van der Waals surface area contributed by atoms with Crippen LogP contribution in [0.25, 0.3) is 17.7 Å². The van der Waals surface area contributed by atoms with Crippen LogP contribution in [0.5, 0.6) is 0 Å². The normalized spacial score (nSPS) is 11.4. The van der Waals surface area contributed by atoms with Crippen molar-refractivity contribution >= 4 is 17.7 Å². The lowest BCUT2D eigenvalue weighted by Crippen LogP contribution is -1.81. The Balaban J connectivity index is 1.96. The third kappa shape index (κ3) is 2.07. The van der Waals surface area contributed by atoms with Crippen LogP contribution in [0.2, 0.25) is 0 Å². The molecule has 1 nitrogen and oxygen atoms in total. The number of pyridine rings is 1. The van der Waals surface area contributed by atoms with Gasteiger partial charge in [-0.15, -0.1) is 0 Å². The van der Waals surface area contributed by atoms with Gasteiger partial charge in [0, 0.05) is 17.9 Å². The molecule has 2 aromatic heterocycles. The van der Waals surface area contributed by atoms with Crippen molar-refractivity contribution in [2.75, 3.05) is 0 Å². The van der Waals surface area contributed by atoms with Crippen LogP contribution in [0.4, 0.5) is 0 Å². The smallest absolute Gasteiger partial charge is 0.0485 e. The predicted molar refractivity (Wildman–Crippen MR) is 77.5 cm³/mol. The van der Waals surface area contributed by atoms with E-state index in [1.54, 1.807) is 0 Å². The molecular weight excluding hydrogens is 218 g/mol. The van der Waals surface area contributed by atoms with Crippen molar-refractivity contribution in [2.45, 2.75) is 6.92 Å². The molecule has 0 spiro atoms. The van der Waals surface area contributed by atoms with Crippen LogP contribution in [0.3, 0.4) is 0 Å². The fourth-order valence-electron chi connectivity index (χ4n) is 2.15. The topological polar surface area (TPSA) is 4.41 Å². The number of benzene rings is 1. The summed E-state index contributed by atoms with van der Waals surface area (Å²) >= 11 is 0. The van der Waals surface area contributed by atoms with Crippen molar-refractivity contribution < 1.29 is 0 Å². The Bertz CT molecular complexity index is 690. The van der Waals surface area contributed by atoms with E-state index in [4.69, 9.17) is 0 Å². The highest BCUT2D eigenvalue weighted by atomic mass is 14.9. The van der Waals surface area contributed by atoms with E-state index in [9.17, 15) is 0 Å². The average Bonchev–Trinajstić information content (AvgIpc) is 2.82. The van der Waals surface area contributed by atoms with Gasteiger partial charge in [0.2, 0.25) is 0 Å². The molecular formula is C17H15N. The molecule has 0 atom stereocenters. The molecule has 0 saturated heterocycles. The monoisotopic (exact) mass is 233 g/mol. The summed E-state index contributed by atoms with van der Waals surface area (Å²) in [6.07, 6.45) is 8.54. The molecule has 0 amide bonds. The largest absolute Gasteiger partial charge is 0.323 e. The first-order valence-corrected chi connectivity index (χ1v) is 6.13. The zero-order chi connectivity index (χ0) is 12.4. The van der Waals surface area contributed by atoms with E-state index in [2.05, 4.69) is 78.3 Å². The summed E-state index contributed by atoms with van der Waals surface area (Å²) < 4.78 is 2.17. The molecule has 0 aliphatic carbocycles. The van der Waals surface area contributed by atoms with E-state index in [1.807, 2.05) is 6.07 Å². The molecule has 3 aromatic rings. The SMILES string of the molecule is Cc1cccn2cc(C=Cc3ccccc3)cc12. The Morgan fingerprint density at radius 3 is 2.44 bits per heavy atom. The van der Waals surface area contributed by atoms with Gasteiger partial charge in [-0.1, -0.05) is 48.6 Å². The molecule has 0 bridgehead atoms. The first-order valence-electron chi connectivity index (χ1n) is 6.13. The Hall–Kier alpha value is -2.28. The Morgan fingerprint density at radius 2 is 1.67 bits per heavy atom. The number of hydrogen-bond donors (Lipinski definition) is 0. The van der Waals surface area contributed by atoms with Crippen molar-refractivity contribution in [3.63, 3.8) is 0 Å². The molecule has 0 aliphatic rings. The summed E-state index contributed by atoms with van der Waals surface area (Å²) in [5.41, 5.74) is 5.03. The standard InChI is InChI=1S/C17H15N/c1-14-6-5-11-18-13-16(12-17(14)18)10-9-15-7-3-2-4-8-15/h2-13H,1H3. The third-order valence-corrected chi connectivity index (χ3v) is 3.13. The molecule has 2 heterocycles. The van der Waals surface area contributed by atoms with E-state index in [-0.39, 0.29) is 0 Å². The van der Waals surface area contributed by atoms with Crippen LogP contribution in [-0.2, 0) is 0 Å². The van der Waals surface area contributed by atoms with Crippen LogP contribution >= 0.6 is 0 Å². The van der Waals surface area contributed by atoms with Crippen LogP contribution < -0.4 is 0 Å². The summed E-state index contributed by atoms with van der Waals surface area (Å²) in [5, 5.41) is 0. The molecule has 88 valence electrons. The van der Waals surface area contributed by atoms with Gasteiger partial charge in [0.25, 0.3) is 0 Å². The third-order valence-electron chi connectivity index (χ3n) is 3.13. The second kappa shape index (κ2) is 4.53. The molecule has 1 heteroatoms. The van der Waals surface area contributed by atoms with Gasteiger partial charge < -0.3 is 4.40 Å². The van der Waals surface area contributed by atoms with Gasteiger partial charge in [-0.05, 0) is 35.7 Å². The van der Waals surface area contributed by atoms with Crippen molar-refractivity contribution in [2.24, 2.45) is 0 Å². The number of aromatic nitrogens is 1. The van der Waals surface area contributed by atoms with E-state index < -0.39 is 0 Å². The van der Waals surface area contributed by atoms with Gasteiger partial charge in [-0.2, -0.15) is 0 Å². The molecule has 18 heavy (non-hydrogen) atoms. The average molecular weight is 233 g/mol. The van der Waals surface area contributed by atoms with Gasteiger partial charge in [0.05, 0.1) is 0 Å². The zero-order valence-corrected chi connectivity index (χ0v) is 10.4. The molecule has 3 rings (SSSR count). The van der Waals surface area contributed by atoms with E-state index >= 15 is 0 Å². The van der Waals surface area contributed by atoms with E-state index in [0.717, 1.165) is 0 Å². The van der Waals surface area contributed by atoms with Crippen molar-refractivity contribution in [3.05, 3.63) is 77.6 Å². The summed E-state index contributed by atoms with van der Waals surface area (Å²) in [6, 6.07) is 16.8. The molecule has 0 aliphatic heterocycles. The highest BCUT2D eigenvalue weighted by Crippen LogP contribution is 2.16. The maximum atomic E-state index is 2.22. The quantitative estimate of drug-likeness (QED) is 0.617. The van der Waals surface area contributed by atoms with Crippen molar-refractivity contribution in [3.8, 4) is 0 Å². The first kappa shape index (κ1) is 10.8. The number of nitrogens with zero attached hydrogens (tertiary/aromatic N) is 1. The molecule has 0 unspecified atom stereocenters. The molecule has 1 aromatic carbocycles. The predicted octanol–water partition coefficient (Wildman–Crippen LogP) is 4.42. The maximum absolute atomic E-state index is 2.22. The highest BCUT2D eigenvalue weighted by Gasteiger charge is 1.98. The summed E-state index contributed by atoms with van der Waals surface area (Å²) in [7, 11) is 0. The second-order valence-electron chi connectivity index (χ2n) is 4.50. The Morgan fingerprint density at radius 1 is 0.889 bits per heavy atom. The van der Waals surface area contributed by atoms with E-state index in [0.29, 0.717) is 0 Å². The Kier molecular flexibility index (Phi) is 2.73. The second-order valence-corrected chi connectivity index (χ2v) is 4.50. The van der Waals surface area contributed by atoms with Gasteiger partial charge >= 0.3 is 0 Å². The molecule has 0 radical (unpaired) electrons. The minimum absolute atomic E-state index is 1.23. The van der Waals surface area contributed by atoms with Crippen molar-refractivity contribution in [1.82, 2.24) is 4.40 Å². The summed E-state index contributed by atoms with van der Waals surface area (Å²) in [4.78, 5) is 0. The lowest BCUT2D eigenvalue weighted by molar-refractivity contribution is 1.18. The highest BCUT2D eigenvalue weighted by molar-refractivity contribution is 5.73. The number of aryl methyl sites for hydroxylation is 1. The van der Waals surface area contributed by atoms with Gasteiger partial charge in [0.1, 0.15) is 0 Å². The summed E-state index contributed by atoms with van der Waals surface area (Å²) in [6.45, 7) is 2.14. The number of rotatable bonds is 2. The maximum Gasteiger partial charge on any atom is 0.0485 e. The van der Waals surface area contributed by atoms with Crippen molar-refractivity contribution in [1.29, 1.82) is 0 Å².